The lowest BCUT2D eigenvalue weighted by Gasteiger charge is -2.20. The Bertz CT molecular complexity index is 978. The van der Waals surface area contributed by atoms with Crippen LogP contribution < -0.4 is 15.5 Å². The molecule has 0 unspecified atom stereocenters. The van der Waals surface area contributed by atoms with Crippen LogP contribution in [0.25, 0.3) is 0 Å². The van der Waals surface area contributed by atoms with E-state index in [2.05, 4.69) is 33.5 Å². The monoisotopic (exact) mass is 404 g/mol. The van der Waals surface area contributed by atoms with Gasteiger partial charge >= 0.3 is 0 Å². The van der Waals surface area contributed by atoms with Crippen molar-refractivity contribution in [1.29, 1.82) is 5.26 Å². The number of carbonyl (C=O) groups excluding carboxylic acids is 1. The fourth-order valence-corrected chi connectivity index (χ4v) is 3.40. The number of rotatable bonds is 7. The number of nitriles is 1. The zero-order valence-electron chi connectivity index (χ0n) is 17.8. The van der Waals surface area contributed by atoms with Crippen molar-refractivity contribution in [2.24, 2.45) is 0 Å². The van der Waals surface area contributed by atoms with Crippen molar-refractivity contribution in [1.82, 2.24) is 15.3 Å². The summed E-state index contributed by atoms with van der Waals surface area (Å²) in [5.41, 5.74) is 3.06. The van der Waals surface area contributed by atoms with Crippen LogP contribution in [0.2, 0.25) is 0 Å². The van der Waals surface area contributed by atoms with Crippen molar-refractivity contribution in [2.45, 2.75) is 46.1 Å². The van der Waals surface area contributed by atoms with Crippen molar-refractivity contribution in [3.05, 3.63) is 53.2 Å². The first kappa shape index (κ1) is 21.3. The summed E-state index contributed by atoms with van der Waals surface area (Å²) >= 11 is 0. The Morgan fingerprint density at radius 1 is 1.37 bits per heavy atom. The fraction of sp³-hybridized carbons (Fsp3) is 0.391. The second-order valence-electron chi connectivity index (χ2n) is 7.49. The van der Waals surface area contributed by atoms with Crippen molar-refractivity contribution < 1.29 is 4.79 Å². The topological polar surface area (TPSA) is 93.9 Å². The highest BCUT2D eigenvalue weighted by molar-refractivity contribution is 5.92. The third kappa shape index (κ3) is 5.35. The highest BCUT2D eigenvalue weighted by Crippen LogP contribution is 2.23. The summed E-state index contributed by atoms with van der Waals surface area (Å²) in [6, 6.07) is 11.5. The van der Waals surface area contributed by atoms with Gasteiger partial charge in [0.25, 0.3) is 0 Å². The molecule has 2 heterocycles. The molecule has 1 aliphatic heterocycles. The number of nitrogens with one attached hydrogen (secondary N) is 2. The van der Waals surface area contributed by atoms with E-state index in [4.69, 9.17) is 10.2 Å². The number of aromatic nitrogens is 2. The van der Waals surface area contributed by atoms with E-state index in [0.29, 0.717) is 18.1 Å². The molecule has 1 saturated heterocycles. The second-order valence-corrected chi connectivity index (χ2v) is 7.49. The number of anilines is 3. The van der Waals surface area contributed by atoms with E-state index in [1.165, 1.54) is 0 Å². The summed E-state index contributed by atoms with van der Waals surface area (Å²) in [7, 11) is 0. The third-order valence-electron chi connectivity index (χ3n) is 5.16. The molecule has 0 radical (unpaired) electrons. The first-order chi connectivity index (χ1) is 14.5. The molecule has 1 aromatic carbocycles. The van der Waals surface area contributed by atoms with Crippen molar-refractivity contribution in [3.63, 3.8) is 0 Å². The Kier molecular flexibility index (Phi) is 7.02. The van der Waals surface area contributed by atoms with E-state index in [1.807, 2.05) is 38.1 Å². The minimum absolute atomic E-state index is 0.0153. The Hall–Kier alpha value is -3.40. The van der Waals surface area contributed by atoms with Crippen molar-refractivity contribution in [3.8, 4) is 6.07 Å². The van der Waals surface area contributed by atoms with Gasteiger partial charge in [0.1, 0.15) is 5.82 Å². The van der Waals surface area contributed by atoms with Gasteiger partial charge in [0.05, 0.1) is 11.6 Å². The minimum atomic E-state index is -0.0153. The lowest BCUT2D eigenvalue weighted by atomic mass is 10.2. The van der Waals surface area contributed by atoms with Crippen LogP contribution in [0.5, 0.6) is 0 Å². The molecule has 0 spiro atoms. The first-order valence-electron chi connectivity index (χ1n) is 10.4. The molecule has 0 bridgehead atoms. The van der Waals surface area contributed by atoms with E-state index < -0.39 is 0 Å². The molecule has 1 aromatic heterocycles. The predicted molar refractivity (Wildman–Crippen MR) is 119 cm³/mol. The van der Waals surface area contributed by atoms with Crippen molar-refractivity contribution in [2.75, 3.05) is 23.3 Å². The molecular weight excluding hydrogens is 376 g/mol. The largest absolute Gasteiger partial charge is 0.354 e. The van der Waals surface area contributed by atoms with Gasteiger partial charge in [-0.3, -0.25) is 4.79 Å². The predicted octanol–water partition coefficient (Wildman–Crippen LogP) is 3.71. The zero-order valence-corrected chi connectivity index (χ0v) is 17.8. The normalized spacial score (nSPS) is 16.3. The highest BCUT2D eigenvalue weighted by atomic mass is 16.1. The van der Waals surface area contributed by atoms with Crippen LogP contribution in [0.4, 0.5) is 17.5 Å². The van der Waals surface area contributed by atoms with Gasteiger partial charge in [-0.25, -0.2) is 4.98 Å². The number of hydrogen-bond acceptors (Lipinski definition) is 6. The Morgan fingerprint density at radius 3 is 2.93 bits per heavy atom. The number of aryl methyl sites for hydroxylation is 1. The van der Waals surface area contributed by atoms with E-state index in [1.54, 1.807) is 12.1 Å². The lowest BCUT2D eigenvalue weighted by molar-refractivity contribution is -0.118. The van der Waals surface area contributed by atoms with Gasteiger partial charge in [-0.15, -0.1) is 0 Å². The maximum Gasteiger partial charge on any atom is 0.246 e. The van der Waals surface area contributed by atoms with E-state index in [0.717, 1.165) is 48.6 Å². The Labute approximate surface area is 177 Å². The molecular formula is C23H28N6O. The molecule has 0 aliphatic carbocycles. The Balaban J connectivity index is 1.77. The van der Waals surface area contributed by atoms with Gasteiger partial charge in [-0.05, 0) is 44.9 Å². The average molecular weight is 405 g/mol. The van der Waals surface area contributed by atoms with Gasteiger partial charge in [0.15, 0.2) is 0 Å². The van der Waals surface area contributed by atoms with Crippen LogP contribution in [0.1, 0.15) is 44.9 Å². The number of amides is 1. The number of nitrogens with zero attached hydrogens (tertiary/aromatic N) is 4. The van der Waals surface area contributed by atoms with Crippen LogP contribution in [-0.4, -0.2) is 35.0 Å². The molecule has 2 aromatic rings. The lowest BCUT2D eigenvalue weighted by Crippen LogP contribution is -2.37. The maximum absolute atomic E-state index is 12.2. The summed E-state index contributed by atoms with van der Waals surface area (Å²) in [6.45, 7) is 7.35. The van der Waals surface area contributed by atoms with Gasteiger partial charge in [-0.1, -0.05) is 25.5 Å². The van der Waals surface area contributed by atoms with Crippen LogP contribution >= 0.6 is 0 Å². The summed E-state index contributed by atoms with van der Waals surface area (Å²) in [5.74, 6) is 1.36. The fourth-order valence-electron chi connectivity index (χ4n) is 3.40. The molecule has 1 amide bonds. The van der Waals surface area contributed by atoms with Gasteiger partial charge in [0, 0.05) is 42.2 Å². The van der Waals surface area contributed by atoms with E-state index in [9.17, 15) is 4.79 Å². The summed E-state index contributed by atoms with van der Waals surface area (Å²) in [4.78, 5) is 23.7. The SMILES string of the molecule is CC=C(C)C(=O)N[C@H]1CCN(c2cc(CCC)nc(Nc3cccc(C#N)c3)n2)C1. The van der Waals surface area contributed by atoms with Crippen LogP contribution in [-0.2, 0) is 11.2 Å². The van der Waals surface area contributed by atoms with Crippen LogP contribution in [0.15, 0.2) is 42.0 Å². The smallest absolute Gasteiger partial charge is 0.246 e. The summed E-state index contributed by atoms with van der Waals surface area (Å²) in [5, 5.41) is 15.4. The highest BCUT2D eigenvalue weighted by Gasteiger charge is 2.25. The first-order valence-corrected chi connectivity index (χ1v) is 10.4. The number of hydrogen-bond donors (Lipinski definition) is 2. The molecule has 1 atom stereocenters. The van der Waals surface area contributed by atoms with Gasteiger partial charge in [-0.2, -0.15) is 10.2 Å². The van der Waals surface area contributed by atoms with Crippen LogP contribution in [0.3, 0.4) is 0 Å². The summed E-state index contributed by atoms with van der Waals surface area (Å²) < 4.78 is 0. The molecule has 0 saturated carbocycles. The molecule has 3 rings (SSSR count). The molecule has 30 heavy (non-hydrogen) atoms. The molecule has 1 fully saturated rings. The Morgan fingerprint density at radius 2 is 2.20 bits per heavy atom. The average Bonchev–Trinajstić information content (AvgIpc) is 3.22. The molecule has 156 valence electrons. The third-order valence-corrected chi connectivity index (χ3v) is 5.16. The van der Waals surface area contributed by atoms with Gasteiger partial charge < -0.3 is 15.5 Å². The quantitative estimate of drug-likeness (QED) is 0.684. The van der Waals surface area contributed by atoms with E-state index >= 15 is 0 Å². The number of allylic oxidation sites excluding steroid dienone is 1. The minimum Gasteiger partial charge on any atom is -0.354 e. The summed E-state index contributed by atoms with van der Waals surface area (Å²) in [6.07, 6.45) is 4.55. The number of carbonyl (C=O) groups is 1. The maximum atomic E-state index is 12.2. The zero-order chi connectivity index (χ0) is 21.5. The molecule has 7 heteroatoms. The van der Waals surface area contributed by atoms with Crippen molar-refractivity contribution >= 4 is 23.4 Å². The standard InChI is InChI=1S/C23H28N6O/c1-4-7-18-13-21(29-11-10-20(15-29)25-22(30)16(3)5-2)28-23(26-18)27-19-9-6-8-17(12-19)14-24/h5-6,8-9,12-13,20H,4,7,10-11,15H2,1-3H3,(H,25,30)(H,26,27,28)/t20-/m0/s1. The molecule has 7 nitrogen and oxygen atoms in total. The van der Waals surface area contributed by atoms with Gasteiger partial charge in [0.2, 0.25) is 11.9 Å². The van der Waals surface area contributed by atoms with Crippen LogP contribution in [0, 0.1) is 11.3 Å². The number of benzene rings is 1. The van der Waals surface area contributed by atoms with E-state index in [-0.39, 0.29) is 11.9 Å². The second kappa shape index (κ2) is 9.88. The molecule has 1 aliphatic rings. The molecule has 2 N–H and O–H groups in total.